The lowest BCUT2D eigenvalue weighted by atomic mass is 9.99. The number of aryl methyl sites for hydroxylation is 1. The van der Waals surface area contributed by atoms with Gasteiger partial charge in [-0.05, 0) is 38.5 Å². The van der Waals surface area contributed by atoms with Gasteiger partial charge in [0.2, 0.25) is 11.8 Å². The smallest absolute Gasteiger partial charge is 0.236 e. The number of rotatable bonds is 4. The normalized spacial score (nSPS) is 21.0. The minimum Gasteiger partial charge on any atom is -0.473 e. The van der Waals surface area contributed by atoms with Crippen LogP contribution in [0.15, 0.2) is 12.4 Å². The van der Waals surface area contributed by atoms with Crippen LogP contribution in [-0.4, -0.2) is 64.5 Å². The Morgan fingerprint density at radius 2 is 1.88 bits per heavy atom. The van der Waals surface area contributed by atoms with Gasteiger partial charge in [0.15, 0.2) is 0 Å². The molecule has 0 saturated carbocycles. The first-order chi connectivity index (χ1) is 11.6. The Morgan fingerprint density at radius 3 is 2.54 bits per heavy atom. The predicted octanol–water partition coefficient (Wildman–Crippen LogP) is 1.89. The van der Waals surface area contributed by atoms with Crippen LogP contribution in [0.25, 0.3) is 0 Å². The Morgan fingerprint density at radius 1 is 1.17 bits per heavy atom. The molecule has 2 aliphatic rings. The maximum absolute atomic E-state index is 12.4. The second-order valence-electron chi connectivity index (χ2n) is 7.16. The zero-order valence-corrected chi connectivity index (χ0v) is 14.8. The van der Waals surface area contributed by atoms with Crippen LogP contribution in [0.1, 0.15) is 38.3 Å². The molecule has 2 fully saturated rings. The number of piperidine rings is 2. The molecular formula is C18H28N4O2. The number of hydrogen-bond acceptors (Lipinski definition) is 5. The zero-order chi connectivity index (χ0) is 16.9. The minimum atomic E-state index is 0.170. The Balaban J connectivity index is 1.41. The first kappa shape index (κ1) is 17.1. The third-order valence-electron chi connectivity index (χ3n) is 5.05. The van der Waals surface area contributed by atoms with Gasteiger partial charge in [0.1, 0.15) is 6.10 Å². The highest BCUT2D eigenvalue weighted by Crippen LogP contribution is 2.19. The van der Waals surface area contributed by atoms with Crippen LogP contribution in [-0.2, 0) is 4.79 Å². The van der Waals surface area contributed by atoms with Gasteiger partial charge in [-0.1, -0.05) is 6.92 Å². The van der Waals surface area contributed by atoms with Crippen LogP contribution < -0.4 is 4.74 Å². The lowest BCUT2D eigenvalue weighted by molar-refractivity contribution is -0.134. The second-order valence-corrected chi connectivity index (χ2v) is 7.16. The Bertz CT molecular complexity index is 550. The lowest BCUT2D eigenvalue weighted by Gasteiger charge is -2.35. The summed E-state index contributed by atoms with van der Waals surface area (Å²) in [4.78, 5) is 25.2. The standard InChI is InChI=1S/C18H28N4O2/c1-14-3-9-22(10-4-14)18(23)13-21-7-5-16(6-8-21)24-17-12-19-11-15(2)20-17/h11-12,14,16H,3-10,13H2,1-2H3. The van der Waals surface area contributed by atoms with Crippen LogP contribution in [0.3, 0.4) is 0 Å². The molecule has 0 atom stereocenters. The van der Waals surface area contributed by atoms with Crippen molar-refractivity contribution in [1.29, 1.82) is 0 Å². The molecule has 0 bridgehead atoms. The van der Waals surface area contributed by atoms with Crippen LogP contribution in [0.4, 0.5) is 0 Å². The van der Waals surface area contributed by atoms with Crippen molar-refractivity contribution in [3.05, 3.63) is 18.1 Å². The average Bonchev–Trinajstić information content (AvgIpc) is 2.57. The summed E-state index contributed by atoms with van der Waals surface area (Å²) < 4.78 is 5.92. The van der Waals surface area contributed by atoms with E-state index in [-0.39, 0.29) is 12.0 Å². The van der Waals surface area contributed by atoms with Gasteiger partial charge in [-0.25, -0.2) is 4.98 Å². The molecule has 132 valence electrons. The fraction of sp³-hybridized carbons (Fsp3) is 0.722. The molecule has 0 spiro atoms. The molecule has 0 aliphatic carbocycles. The van der Waals surface area contributed by atoms with Crippen molar-refractivity contribution >= 4 is 5.91 Å². The second kappa shape index (κ2) is 7.92. The quantitative estimate of drug-likeness (QED) is 0.843. The number of hydrogen-bond donors (Lipinski definition) is 0. The van der Waals surface area contributed by atoms with E-state index in [4.69, 9.17) is 4.74 Å². The van der Waals surface area contributed by atoms with E-state index < -0.39 is 0 Å². The molecule has 1 amide bonds. The summed E-state index contributed by atoms with van der Waals surface area (Å²) in [7, 11) is 0. The molecular weight excluding hydrogens is 304 g/mol. The number of carbonyl (C=O) groups excluding carboxylic acids is 1. The van der Waals surface area contributed by atoms with Gasteiger partial charge >= 0.3 is 0 Å². The first-order valence-corrected chi connectivity index (χ1v) is 9.05. The summed E-state index contributed by atoms with van der Waals surface area (Å²) in [5.74, 6) is 1.64. The fourth-order valence-electron chi connectivity index (χ4n) is 3.40. The number of carbonyl (C=O) groups is 1. The van der Waals surface area contributed by atoms with Gasteiger partial charge in [-0.2, -0.15) is 0 Å². The van der Waals surface area contributed by atoms with E-state index in [0.29, 0.717) is 12.4 Å². The number of ether oxygens (including phenoxy) is 1. The molecule has 3 heterocycles. The van der Waals surface area contributed by atoms with Crippen molar-refractivity contribution in [2.24, 2.45) is 5.92 Å². The monoisotopic (exact) mass is 332 g/mol. The third-order valence-corrected chi connectivity index (χ3v) is 5.05. The Hall–Kier alpha value is -1.69. The topological polar surface area (TPSA) is 58.6 Å². The number of nitrogens with zero attached hydrogens (tertiary/aromatic N) is 4. The maximum atomic E-state index is 12.4. The van der Waals surface area contributed by atoms with Crippen molar-refractivity contribution < 1.29 is 9.53 Å². The Labute approximate surface area is 144 Å². The maximum Gasteiger partial charge on any atom is 0.236 e. The number of aromatic nitrogens is 2. The Kier molecular flexibility index (Phi) is 5.66. The molecule has 3 rings (SSSR count). The van der Waals surface area contributed by atoms with Gasteiger partial charge in [-0.15, -0.1) is 0 Å². The predicted molar refractivity (Wildman–Crippen MR) is 91.8 cm³/mol. The van der Waals surface area contributed by atoms with Crippen molar-refractivity contribution in [2.45, 2.75) is 45.6 Å². The summed E-state index contributed by atoms with van der Waals surface area (Å²) >= 11 is 0. The average molecular weight is 332 g/mol. The molecule has 1 aromatic rings. The lowest BCUT2D eigenvalue weighted by Crippen LogP contribution is -2.47. The van der Waals surface area contributed by atoms with E-state index in [1.54, 1.807) is 12.4 Å². The largest absolute Gasteiger partial charge is 0.473 e. The number of likely N-dealkylation sites (tertiary alicyclic amines) is 2. The van der Waals surface area contributed by atoms with Crippen molar-refractivity contribution in [3.8, 4) is 5.88 Å². The molecule has 6 nitrogen and oxygen atoms in total. The van der Waals surface area contributed by atoms with Gasteiger partial charge in [0.25, 0.3) is 0 Å². The molecule has 2 aliphatic heterocycles. The highest BCUT2D eigenvalue weighted by atomic mass is 16.5. The van der Waals surface area contributed by atoms with Gasteiger partial charge in [0, 0.05) is 32.4 Å². The van der Waals surface area contributed by atoms with E-state index in [2.05, 4.69) is 21.8 Å². The summed E-state index contributed by atoms with van der Waals surface area (Å²) in [6, 6.07) is 0. The summed E-state index contributed by atoms with van der Waals surface area (Å²) in [6.07, 6.45) is 7.70. The van der Waals surface area contributed by atoms with E-state index in [1.165, 1.54) is 0 Å². The van der Waals surface area contributed by atoms with Crippen molar-refractivity contribution in [2.75, 3.05) is 32.7 Å². The summed E-state index contributed by atoms with van der Waals surface area (Å²) in [5.41, 5.74) is 0.867. The summed E-state index contributed by atoms with van der Waals surface area (Å²) in [5, 5.41) is 0. The van der Waals surface area contributed by atoms with Crippen molar-refractivity contribution in [1.82, 2.24) is 19.8 Å². The van der Waals surface area contributed by atoms with E-state index in [0.717, 1.165) is 63.5 Å². The van der Waals surface area contributed by atoms with Gasteiger partial charge < -0.3 is 9.64 Å². The van der Waals surface area contributed by atoms with Gasteiger partial charge in [0.05, 0.1) is 18.4 Å². The number of amides is 1. The molecule has 0 aromatic carbocycles. The molecule has 6 heteroatoms. The van der Waals surface area contributed by atoms with Gasteiger partial charge in [-0.3, -0.25) is 14.7 Å². The summed E-state index contributed by atoms with van der Waals surface area (Å²) in [6.45, 7) is 8.38. The highest BCUT2D eigenvalue weighted by molar-refractivity contribution is 5.78. The van der Waals surface area contributed by atoms with Crippen molar-refractivity contribution in [3.63, 3.8) is 0 Å². The van der Waals surface area contributed by atoms with E-state index in [9.17, 15) is 4.79 Å². The molecule has 24 heavy (non-hydrogen) atoms. The first-order valence-electron chi connectivity index (χ1n) is 9.05. The van der Waals surface area contributed by atoms with E-state index >= 15 is 0 Å². The van der Waals surface area contributed by atoms with Crippen LogP contribution in [0.5, 0.6) is 5.88 Å². The minimum absolute atomic E-state index is 0.170. The molecule has 0 unspecified atom stereocenters. The van der Waals surface area contributed by atoms with Crippen LogP contribution >= 0.6 is 0 Å². The van der Waals surface area contributed by atoms with E-state index in [1.807, 2.05) is 11.8 Å². The van der Waals surface area contributed by atoms with Crippen LogP contribution in [0, 0.1) is 12.8 Å². The fourth-order valence-corrected chi connectivity index (χ4v) is 3.40. The molecule has 2 saturated heterocycles. The molecule has 1 aromatic heterocycles. The third kappa shape index (κ3) is 4.66. The highest BCUT2D eigenvalue weighted by Gasteiger charge is 2.25. The zero-order valence-electron chi connectivity index (χ0n) is 14.8. The molecule has 0 radical (unpaired) electrons. The SMILES string of the molecule is Cc1cncc(OC2CCN(CC(=O)N3CCC(C)CC3)CC2)n1. The van der Waals surface area contributed by atoms with Crippen LogP contribution in [0.2, 0.25) is 0 Å². The molecule has 0 N–H and O–H groups in total.